The first-order valence-corrected chi connectivity index (χ1v) is 6.45. The SMILES string of the molecule is CCSc1ccc(-c2c(C=O)cnn2C)cc1. The van der Waals surface area contributed by atoms with Crippen LogP contribution in [0.1, 0.15) is 17.3 Å². The Hall–Kier alpha value is -1.55. The van der Waals surface area contributed by atoms with Gasteiger partial charge in [-0.25, -0.2) is 0 Å². The molecular formula is C13H14N2OS. The second-order valence-electron chi connectivity index (χ2n) is 3.65. The zero-order chi connectivity index (χ0) is 12.3. The summed E-state index contributed by atoms with van der Waals surface area (Å²) in [6, 6.07) is 8.21. The van der Waals surface area contributed by atoms with Crippen molar-refractivity contribution in [2.75, 3.05) is 5.75 Å². The molecule has 1 heterocycles. The largest absolute Gasteiger partial charge is 0.298 e. The number of nitrogens with zero attached hydrogens (tertiary/aromatic N) is 2. The summed E-state index contributed by atoms with van der Waals surface area (Å²) in [5, 5.41) is 4.10. The molecule has 0 atom stereocenters. The van der Waals surface area contributed by atoms with E-state index in [1.165, 1.54) is 4.90 Å². The summed E-state index contributed by atoms with van der Waals surface area (Å²) in [7, 11) is 1.84. The average Bonchev–Trinajstić information content (AvgIpc) is 2.72. The minimum atomic E-state index is 0.628. The van der Waals surface area contributed by atoms with Crippen molar-refractivity contribution in [2.24, 2.45) is 7.05 Å². The minimum Gasteiger partial charge on any atom is -0.298 e. The molecule has 0 bridgehead atoms. The minimum absolute atomic E-state index is 0.628. The number of thioether (sulfide) groups is 1. The fraction of sp³-hybridized carbons (Fsp3) is 0.231. The second-order valence-corrected chi connectivity index (χ2v) is 4.98. The Morgan fingerprint density at radius 3 is 2.65 bits per heavy atom. The van der Waals surface area contributed by atoms with Crippen LogP contribution in [-0.4, -0.2) is 21.8 Å². The van der Waals surface area contributed by atoms with Crippen LogP contribution in [0.2, 0.25) is 0 Å². The van der Waals surface area contributed by atoms with Gasteiger partial charge in [0, 0.05) is 17.5 Å². The van der Waals surface area contributed by atoms with Crippen LogP contribution in [0.5, 0.6) is 0 Å². The molecule has 0 N–H and O–H groups in total. The van der Waals surface area contributed by atoms with Crippen molar-refractivity contribution in [1.29, 1.82) is 0 Å². The first-order chi connectivity index (χ1) is 8.26. The number of benzene rings is 1. The number of rotatable bonds is 4. The van der Waals surface area contributed by atoms with Crippen molar-refractivity contribution >= 4 is 18.0 Å². The Kier molecular flexibility index (Phi) is 3.64. The van der Waals surface area contributed by atoms with Gasteiger partial charge in [-0.05, 0) is 17.9 Å². The number of carbonyl (C=O) groups excluding carboxylic acids is 1. The standard InChI is InChI=1S/C13H14N2OS/c1-3-17-12-6-4-10(5-7-12)13-11(9-16)8-14-15(13)2/h4-9H,3H2,1-2H3. The predicted molar refractivity (Wildman–Crippen MR) is 70.4 cm³/mol. The van der Waals surface area contributed by atoms with Crippen molar-refractivity contribution in [2.45, 2.75) is 11.8 Å². The van der Waals surface area contributed by atoms with Crippen LogP contribution in [0.4, 0.5) is 0 Å². The summed E-state index contributed by atoms with van der Waals surface area (Å²) in [6.45, 7) is 2.13. The van der Waals surface area contributed by atoms with Gasteiger partial charge in [-0.1, -0.05) is 19.1 Å². The summed E-state index contributed by atoms with van der Waals surface area (Å²) in [4.78, 5) is 12.2. The van der Waals surface area contributed by atoms with Crippen LogP contribution in [0.15, 0.2) is 35.4 Å². The van der Waals surface area contributed by atoms with Crippen LogP contribution in [0.25, 0.3) is 11.3 Å². The molecule has 1 aromatic heterocycles. The zero-order valence-corrected chi connectivity index (χ0v) is 10.7. The van der Waals surface area contributed by atoms with Gasteiger partial charge in [-0.15, -0.1) is 11.8 Å². The van der Waals surface area contributed by atoms with Gasteiger partial charge in [0.25, 0.3) is 0 Å². The summed E-state index contributed by atoms with van der Waals surface area (Å²) >= 11 is 1.80. The smallest absolute Gasteiger partial charge is 0.153 e. The van der Waals surface area contributed by atoms with Gasteiger partial charge >= 0.3 is 0 Å². The van der Waals surface area contributed by atoms with Crippen molar-refractivity contribution in [3.63, 3.8) is 0 Å². The third-order valence-electron chi connectivity index (χ3n) is 2.53. The molecule has 0 spiro atoms. The molecule has 2 aromatic rings. The highest BCUT2D eigenvalue weighted by Crippen LogP contribution is 2.25. The first kappa shape index (κ1) is 11.9. The van der Waals surface area contributed by atoms with E-state index in [-0.39, 0.29) is 0 Å². The number of carbonyl (C=O) groups is 1. The fourth-order valence-corrected chi connectivity index (χ4v) is 2.43. The van der Waals surface area contributed by atoms with Crippen LogP contribution >= 0.6 is 11.8 Å². The summed E-state index contributed by atoms with van der Waals surface area (Å²) in [5.41, 5.74) is 2.52. The quantitative estimate of drug-likeness (QED) is 0.614. The molecule has 17 heavy (non-hydrogen) atoms. The lowest BCUT2D eigenvalue weighted by Crippen LogP contribution is -1.95. The van der Waals surface area contributed by atoms with Crippen molar-refractivity contribution in [1.82, 2.24) is 9.78 Å². The molecule has 0 amide bonds. The number of hydrogen-bond donors (Lipinski definition) is 0. The van der Waals surface area contributed by atoms with E-state index < -0.39 is 0 Å². The number of aromatic nitrogens is 2. The van der Waals surface area contributed by atoms with Crippen molar-refractivity contribution in [3.8, 4) is 11.3 Å². The maximum absolute atomic E-state index is 10.9. The van der Waals surface area contributed by atoms with E-state index in [4.69, 9.17) is 0 Å². The molecule has 1 aromatic carbocycles. The van der Waals surface area contributed by atoms with Gasteiger partial charge in [0.1, 0.15) is 0 Å². The van der Waals surface area contributed by atoms with Gasteiger partial charge in [0.05, 0.1) is 17.5 Å². The van der Waals surface area contributed by atoms with E-state index in [1.54, 1.807) is 22.6 Å². The van der Waals surface area contributed by atoms with Gasteiger partial charge in [0.15, 0.2) is 6.29 Å². The van der Waals surface area contributed by atoms with Gasteiger partial charge < -0.3 is 0 Å². The number of aldehydes is 1. The topological polar surface area (TPSA) is 34.9 Å². The summed E-state index contributed by atoms with van der Waals surface area (Å²) in [6.07, 6.45) is 2.44. The van der Waals surface area contributed by atoms with Crippen LogP contribution in [0.3, 0.4) is 0 Å². The average molecular weight is 246 g/mol. The highest BCUT2D eigenvalue weighted by Gasteiger charge is 2.09. The van der Waals surface area contributed by atoms with Crippen molar-refractivity contribution < 1.29 is 4.79 Å². The monoisotopic (exact) mass is 246 g/mol. The highest BCUT2D eigenvalue weighted by molar-refractivity contribution is 7.99. The van der Waals surface area contributed by atoms with Gasteiger partial charge in [-0.2, -0.15) is 5.10 Å². The Morgan fingerprint density at radius 2 is 2.06 bits per heavy atom. The Morgan fingerprint density at radius 1 is 1.35 bits per heavy atom. The lowest BCUT2D eigenvalue weighted by molar-refractivity contribution is 0.112. The van der Waals surface area contributed by atoms with Crippen LogP contribution in [0, 0.1) is 0 Å². The van der Waals surface area contributed by atoms with Gasteiger partial charge in [-0.3, -0.25) is 9.48 Å². The maximum Gasteiger partial charge on any atom is 0.153 e. The molecule has 0 unspecified atom stereocenters. The number of aryl methyl sites for hydroxylation is 1. The van der Waals surface area contributed by atoms with Crippen molar-refractivity contribution in [3.05, 3.63) is 36.0 Å². The molecule has 3 nitrogen and oxygen atoms in total. The molecule has 2 rings (SSSR count). The molecule has 0 saturated carbocycles. The van der Waals surface area contributed by atoms with E-state index in [0.717, 1.165) is 23.3 Å². The highest BCUT2D eigenvalue weighted by atomic mass is 32.2. The van der Waals surface area contributed by atoms with E-state index in [1.807, 2.05) is 19.2 Å². The number of hydrogen-bond acceptors (Lipinski definition) is 3. The van der Waals surface area contributed by atoms with E-state index >= 15 is 0 Å². The van der Waals surface area contributed by atoms with E-state index in [2.05, 4.69) is 24.2 Å². The molecular weight excluding hydrogens is 232 g/mol. The first-order valence-electron chi connectivity index (χ1n) is 5.46. The molecule has 0 radical (unpaired) electrons. The normalized spacial score (nSPS) is 10.5. The molecule has 88 valence electrons. The third kappa shape index (κ3) is 2.42. The van der Waals surface area contributed by atoms with Crippen LogP contribution < -0.4 is 0 Å². The third-order valence-corrected chi connectivity index (χ3v) is 3.43. The van der Waals surface area contributed by atoms with Crippen LogP contribution in [-0.2, 0) is 7.05 Å². The van der Waals surface area contributed by atoms with E-state index in [0.29, 0.717) is 5.56 Å². The maximum atomic E-state index is 10.9. The Balaban J connectivity index is 2.39. The summed E-state index contributed by atoms with van der Waals surface area (Å²) < 4.78 is 1.73. The molecule has 0 aliphatic heterocycles. The lowest BCUT2D eigenvalue weighted by Gasteiger charge is -2.05. The fourth-order valence-electron chi connectivity index (χ4n) is 1.77. The zero-order valence-electron chi connectivity index (χ0n) is 9.88. The van der Waals surface area contributed by atoms with E-state index in [9.17, 15) is 4.79 Å². The molecule has 0 fully saturated rings. The molecule has 4 heteroatoms. The second kappa shape index (κ2) is 5.19. The molecule has 0 saturated heterocycles. The van der Waals surface area contributed by atoms with Gasteiger partial charge in [0.2, 0.25) is 0 Å². The Labute approximate surface area is 105 Å². The molecule has 0 aliphatic carbocycles. The summed E-state index contributed by atoms with van der Waals surface area (Å²) in [5.74, 6) is 1.06. The predicted octanol–water partition coefficient (Wildman–Crippen LogP) is 3.01. The lowest BCUT2D eigenvalue weighted by atomic mass is 10.1. The Bertz CT molecular complexity index is 517. The molecule has 0 aliphatic rings.